The highest BCUT2D eigenvalue weighted by Crippen LogP contribution is 2.42. The number of benzene rings is 2. The molecule has 2 heterocycles. The molecular weight excluding hydrogens is 372 g/mol. The molecule has 8 heteroatoms. The van der Waals surface area contributed by atoms with Crippen molar-refractivity contribution in [2.45, 2.75) is 38.0 Å². The first kappa shape index (κ1) is 19.5. The number of non-ortho nitro benzene ring substituents is 1. The Morgan fingerprint density at radius 1 is 1.17 bits per heavy atom. The first-order chi connectivity index (χ1) is 14.0. The van der Waals surface area contributed by atoms with Crippen LogP contribution in [0, 0.1) is 22.0 Å². The first-order valence-corrected chi connectivity index (χ1v) is 9.81. The number of nitrogens with one attached hydrogen (secondary N) is 3. The fraction of sp³-hybridized carbons (Fsp3) is 0.381. The van der Waals surface area contributed by atoms with Crippen molar-refractivity contribution >= 4 is 11.7 Å². The van der Waals surface area contributed by atoms with Crippen molar-refractivity contribution in [3.05, 3.63) is 75.3 Å². The molecule has 5 atom stereocenters. The molecule has 2 aliphatic heterocycles. The normalized spacial score (nSPS) is 28.7. The summed E-state index contributed by atoms with van der Waals surface area (Å²) in [5.41, 5.74) is 9.33. The van der Waals surface area contributed by atoms with E-state index in [1.165, 1.54) is 17.7 Å². The SMILES string of the molecule is CCc1ccc(C2CC(C(=O)O)C3C(NNC3c3cccc([N+](=O)[O-])c3)N2)cc1. The van der Waals surface area contributed by atoms with Crippen molar-refractivity contribution in [1.82, 2.24) is 16.2 Å². The number of carboxylic acids is 1. The van der Waals surface area contributed by atoms with Crippen LogP contribution in [0.5, 0.6) is 0 Å². The topological polar surface area (TPSA) is 117 Å². The number of carbonyl (C=O) groups is 1. The maximum atomic E-state index is 12.1. The molecule has 0 aliphatic carbocycles. The third-order valence-corrected chi connectivity index (χ3v) is 6.05. The van der Waals surface area contributed by atoms with Crippen molar-refractivity contribution < 1.29 is 14.8 Å². The Balaban J connectivity index is 1.61. The number of hydrazine groups is 1. The minimum atomic E-state index is -0.849. The molecule has 2 fully saturated rings. The largest absolute Gasteiger partial charge is 0.481 e. The molecule has 8 nitrogen and oxygen atoms in total. The molecular formula is C21H24N4O4. The third-order valence-electron chi connectivity index (χ3n) is 6.05. The van der Waals surface area contributed by atoms with Crippen LogP contribution in [0.1, 0.15) is 42.1 Å². The van der Waals surface area contributed by atoms with Crippen molar-refractivity contribution in [1.29, 1.82) is 0 Å². The Bertz CT molecular complexity index is 917. The van der Waals surface area contributed by atoms with Gasteiger partial charge >= 0.3 is 5.97 Å². The zero-order valence-corrected chi connectivity index (χ0v) is 16.0. The summed E-state index contributed by atoms with van der Waals surface area (Å²) in [6.45, 7) is 2.10. The lowest BCUT2D eigenvalue weighted by molar-refractivity contribution is -0.384. The summed E-state index contributed by atoms with van der Waals surface area (Å²) >= 11 is 0. The van der Waals surface area contributed by atoms with Crippen LogP contribution >= 0.6 is 0 Å². The number of nitro groups is 1. The van der Waals surface area contributed by atoms with Gasteiger partial charge < -0.3 is 5.11 Å². The van der Waals surface area contributed by atoms with E-state index in [2.05, 4.69) is 47.4 Å². The second-order valence-electron chi connectivity index (χ2n) is 7.67. The number of hydrogen-bond donors (Lipinski definition) is 4. The minimum absolute atomic E-state index is 0.00251. The van der Waals surface area contributed by atoms with Gasteiger partial charge in [0.15, 0.2) is 0 Å². The van der Waals surface area contributed by atoms with Crippen LogP contribution in [0.3, 0.4) is 0 Å². The average molecular weight is 396 g/mol. The van der Waals surface area contributed by atoms with E-state index >= 15 is 0 Å². The lowest BCUT2D eigenvalue weighted by Crippen LogP contribution is -2.53. The second kappa shape index (κ2) is 7.90. The Morgan fingerprint density at radius 2 is 1.93 bits per heavy atom. The fourth-order valence-electron chi connectivity index (χ4n) is 4.50. The Labute approximate surface area is 168 Å². The summed E-state index contributed by atoms with van der Waals surface area (Å²) in [6, 6.07) is 14.2. The highest BCUT2D eigenvalue weighted by Gasteiger charge is 2.49. The monoisotopic (exact) mass is 396 g/mol. The summed E-state index contributed by atoms with van der Waals surface area (Å²) in [5, 5.41) is 24.6. The molecule has 0 aromatic heterocycles. The summed E-state index contributed by atoms with van der Waals surface area (Å²) in [5.74, 6) is -1.72. The minimum Gasteiger partial charge on any atom is -0.481 e. The van der Waals surface area contributed by atoms with Crippen LogP contribution in [-0.4, -0.2) is 22.2 Å². The number of aliphatic carboxylic acids is 1. The van der Waals surface area contributed by atoms with Crippen molar-refractivity contribution in [3.8, 4) is 0 Å². The molecule has 152 valence electrons. The number of nitrogens with zero attached hydrogens (tertiary/aromatic N) is 1. The molecule has 2 aromatic carbocycles. The van der Waals surface area contributed by atoms with E-state index in [-0.39, 0.29) is 29.9 Å². The van der Waals surface area contributed by atoms with Crippen LogP contribution in [0.4, 0.5) is 5.69 Å². The second-order valence-corrected chi connectivity index (χ2v) is 7.67. The van der Waals surface area contributed by atoms with Crippen LogP contribution in [0.15, 0.2) is 48.5 Å². The maximum Gasteiger partial charge on any atom is 0.307 e. The highest BCUT2D eigenvalue weighted by atomic mass is 16.6. The number of carboxylic acid groups (broad SMARTS) is 1. The Hall–Kier alpha value is -2.81. The van der Waals surface area contributed by atoms with Gasteiger partial charge in [-0.2, -0.15) is 0 Å². The summed E-state index contributed by atoms with van der Waals surface area (Å²) < 4.78 is 0. The Kier molecular flexibility index (Phi) is 5.31. The molecule has 0 saturated carbocycles. The standard InChI is InChI=1S/C21H24N4O4/c1-2-12-6-8-13(9-7-12)17-11-16(21(26)27)18-19(23-24-20(18)22-17)14-4-3-5-15(10-14)25(28)29/h3-10,16-20,22-24H,2,11H2,1H3,(H,26,27). The van der Waals surface area contributed by atoms with Gasteiger partial charge in [-0.15, -0.1) is 0 Å². The van der Waals surface area contributed by atoms with Gasteiger partial charge in [0.2, 0.25) is 0 Å². The number of fused-ring (bicyclic) bond motifs is 1. The quantitative estimate of drug-likeness (QED) is 0.453. The molecule has 0 radical (unpaired) electrons. The number of rotatable bonds is 5. The molecule has 5 unspecified atom stereocenters. The third kappa shape index (κ3) is 3.74. The molecule has 0 spiro atoms. The van der Waals surface area contributed by atoms with E-state index in [1.54, 1.807) is 12.1 Å². The van der Waals surface area contributed by atoms with E-state index < -0.39 is 16.8 Å². The molecule has 2 saturated heterocycles. The van der Waals surface area contributed by atoms with E-state index in [0.717, 1.165) is 12.0 Å². The molecule has 29 heavy (non-hydrogen) atoms. The lowest BCUT2D eigenvalue weighted by atomic mass is 9.74. The van der Waals surface area contributed by atoms with E-state index in [0.29, 0.717) is 12.0 Å². The predicted molar refractivity (Wildman–Crippen MR) is 107 cm³/mol. The van der Waals surface area contributed by atoms with Gasteiger partial charge in [0.1, 0.15) is 0 Å². The first-order valence-electron chi connectivity index (χ1n) is 9.81. The molecule has 2 aliphatic rings. The van der Waals surface area contributed by atoms with Gasteiger partial charge in [-0.1, -0.05) is 43.3 Å². The molecule has 2 aromatic rings. The van der Waals surface area contributed by atoms with Crippen LogP contribution in [-0.2, 0) is 11.2 Å². The van der Waals surface area contributed by atoms with Crippen molar-refractivity contribution in [3.63, 3.8) is 0 Å². The van der Waals surface area contributed by atoms with Gasteiger partial charge in [0, 0.05) is 24.1 Å². The Morgan fingerprint density at radius 3 is 2.59 bits per heavy atom. The van der Waals surface area contributed by atoms with E-state index in [4.69, 9.17) is 0 Å². The van der Waals surface area contributed by atoms with Gasteiger partial charge in [0.05, 0.1) is 23.0 Å². The zero-order valence-electron chi connectivity index (χ0n) is 16.0. The van der Waals surface area contributed by atoms with Crippen LogP contribution in [0.2, 0.25) is 0 Å². The summed E-state index contributed by atoms with van der Waals surface area (Å²) in [6.07, 6.45) is 1.15. The van der Waals surface area contributed by atoms with Gasteiger partial charge in [-0.3, -0.25) is 20.2 Å². The summed E-state index contributed by atoms with van der Waals surface area (Å²) in [4.78, 5) is 22.8. The summed E-state index contributed by atoms with van der Waals surface area (Å²) in [7, 11) is 0. The average Bonchev–Trinajstić information content (AvgIpc) is 3.17. The van der Waals surface area contributed by atoms with Gasteiger partial charge in [0.25, 0.3) is 5.69 Å². The van der Waals surface area contributed by atoms with Crippen molar-refractivity contribution in [2.24, 2.45) is 11.8 Å². The van der Waals surface area contributed by atoms with Crippen molar-refractivity contribution in [2.75, 3.05) is 0 Å². The maximum absolute atomic E-state index is 12.1. The van der Waals surface area contributed by atoms with Crippen LogP contribution in [0.25, 0.3) is 0 Å². The fourth-order valence-corrected chi connectivity index (χ4v) is 4.50. The molecule has 0 bridgehead atoms. The zero-order chi connectivity index (χ0) is 20.5. The number of piperidine rings is 1. The smallest absolute Gasteiger partial charge is 0.307 e. The molecule has 4 rings (SSSR count). The van der Waals surface area contributed by atoms with Gasteiger partial charge in [-0.25, -0.2) is 10.9 Å². The molecule has 4 N–H and O–H groups in total. The number of aryl methyl sites for hydroxylation is 1. The number of nitro benzene ring substituents is 1. The predicted octanol–water partition coefficient (Wildman–Crippen LogP) is 2.68. The highest BCUT2D eigenvalue weighted by molar-refractivity contribution is 5.71. The number of hydrogen-bond acceptors (Lipinski definition) is 6. The lowest BCUT2D eigenvalue weighted by Gasteiger charge is -2.39. The molecule has 0 amide bonds. The van der Waals surface area contributed by atoms with Crippen LogP contribution < -0.4 is 16.2 Å². The van der Waals surface area contributed by atoms with E-state index in [9.17, 15) is 20.0 Å². The van der Waals surface area contributed by atoms with Gasteiger partial charge in [-0.05, 0) is 29.5 Å². The van der Waals surface area contributed by atoms with E-state index in [1.807, 2.05) is 0 Å².